The second kappa shape index (κ2) is 22.9. The highest BCUT2D eigenvalue weighted by Crippen LogP contribution is 2.06. The molecule has 0 spiro atoms. The molecule has 1 aromatic carbocycles. The normalized spacial score (nSPS) is 16.0. The van der Waals surface area contributed by atoms with E-state index in [2.05, 4.69) is 29.4 Å². The van der Waals surface area contributed by atoms with Crippen LogP contribution in [0.5, 0.6) is 0 Å². The van der Waals surface area contributed by atoms with E-state index in [-0.39, 0.29) is 37.9 Å². The number of carboxylic acid groups (broad SMARTS) is 3. The number of unbranched alkanes of at least 4 members (excludes halogenated alkanes) is 2. The molecule has 1 saturated heterocycles. The number of likely N-dealkylation sites (N-methyl/N-ethyl adjacent to an activating group) is 1. The predicted molar refractivity (Wildman–Crippen MR) is 166 cm³/mol. The third-order valence-corrected chi connectivity index (χ3v) is 7.23. The van der Waals surface area contributed by atoms with Crippen molar-refractivity contribution >= 4 is 30.2 Å². The topological polar surface area (TPSA) is 183 Å². The maximum atomic E-state index is 12.9. The van der Waals surface area contributed by atoms with Crippen molar-refractivity contribution in [3.8, 4) is 0 Å². The van der Waals surface area contributed by atoms with Gasteiger partial charge in [0.15, 0.2) is 0 Å². The number of hydrogen-bond acceptors (Lipinski definition) is 9. The maximum absolute atomic E-state index is 12.9. The molecular weight excluding hydrogens is 572 g/mol. The Morgan fingerprint density at radius 2 is 1.18 bits per heavy atom. The number of aliphatic carboxylic acids is 2. The van der Waals surface area contributed by atoms with Crippen LogP contribution in [0, 0.1) is 0 Å². The van der Waals surface area contributed by atoms with Crippen LogP contribution in [0.4, 0.5) is 0 Å². The fourth-order valence-corrected chi connectivity index (χ4v) is 4.66. The molecule has 0 radical (unpaired) electrons. The average Bonchev–Trinajstić information content (AvgIpc) is 2.98. The van der Waals surface area contributed by atoms with Crippen LogP contribution in [-0.2, 0) is 25.7 Å². The summed E-state index contributed by atoms with van der Waals surface area (Å²) in [4.78, 5) is 64.2. The van der Waals surface area contributed by atoms with Gasteiger partial charge in [-0.2, -0.15) is 0 Å². The summed E-state index contributed by atoms with van der Waals surface area (Å²) in [5.41, 5.74) is 1.48. The lowest BCUT2D eigenvalue weighted by Crippen LogP contribution is -2.49. The highest BCUT2D eigenvalue weighted by Gasteiger charge is 2.20. The van der Waals surface area contributed by atoms with Crippen molar-refractivity contribution in [3.63, 3.8) is 0 Å². The van der Waals surface area contributed by atoms with Crippen molar-refractivity contribution in [2.45, 2.75) is 39.7 Å². The van der Waals surface area contributed by atoms with E-state index in [0.717, 1.165) is 31.4 Å². The molecule has 248 valence electrons. The van der Waals surface area contributed by atoms with Crippen molar-refractivity contribution in [1.82, 2.24) is 30.2 Å². The molecule has 0 saturated carbocycles. The molecule has 0 atom stereocenters. The smallest absolute Gasteiger partial charge is 0.317 e. The largest absolute Gasteiger partial charge is 0.483 e. The van der Waals surface area contributed by atoms with E-state index in [1.807, 2.05) is 21.9 Å². The van der Waals surface area contributed by atoms with Crippen LogP contribution in [0.15, 0.2) is 24.3 Å². The summed E-state index contributed by atoms with van der Waals surface area (Å²) >= 11 is 0. The first kappa shape index (κ1) is 38.4. The van der Waals surface area contributed by atoms with Crippen LogP contribution in [0.1, 0.15) is 49.0 Å². The Hall–Kier alpha value is -3.59. The van der Waals surface area contributed by atoms with Crippen LogP contribution in [0.2, 0.25) is 0 Å². The molecular formula is C30H50N6O8. The van der Waals surface area contributed by atoms with Gasteiger partial charge in [0.1, 0.15) is 0 Å². The summed E-state index contributed by atoms with van der Waals surface area (Å²) in [6.45, 7) is 10.1. The minimum atomic E-state index is -0.941. The zero-order chi connectivity index (χ0) is 32.7. The van der Waals surface area contributed by atoms with E-state index in [1.165, 1.54) is 0 Å². The summed E-state index contributed by atoms with van der Waals surface area (Å²) in [7, 11) is 0. The molecule has 1 aromatic rings. The number of rotatable bonds is 14. The van der Waals surface area contributed by atoms with Crippen molar-refractivity contribution in [2.24, 2.45) is 0 Å². The molecule has 1 heterocycles. The molecule has 44 heavy (non-hydrogen) atoms. The Balaban J connectivity index is 0.00000309. The molecule has 1 aliphatic heterocycles. The van der Waals surface area contributed by atoms with Gasteiger partial charge in [0.2, 0.25) is 5.91 Å². The van der Waals surface area contributed by atoms with Gasteiger partial charge < -0.3 is 30.9 Å². The van der Waals surface area contributed by atoms with E-state index < -0.39 is 11.9 Å². The third-order valence-electron chi connectivity index (χ3n) is 7.23. The second-order valence-corrected chi connectivity index (χ2v) is 10.6. The van der Waals surface area contributed by atoms with E-state index in [4.69, 9.17) is 9.90 Å². The molecule has 14 heteroatoms. The van der Waals surface area contributed by atoms with E-state index >= 15 is 0 Å². The van der Waals surface area contributed by atoms with E-state index in [0.29, 0.717) is 71.0 Å². The fraction of sp³-hybridized carbons (Fsp3) is 0.633. The molecule has 1 aliphatic rings. The van der Waals surface area contributed by atoms with Gasteiger partial charge >= 0.3 is 11.9 Å². The van der Waals surface area contributed by atoms with Gasteiger partial charge in [-0.3, -0.25) is 38.7 Å². The number of hydrogen-bond donors (Lipinski definition) is 5. The third kappa shape index (κ3) is 17.5. The van der Waals surface area contributed by atoms with Crippen molar-refractivity contribution in [1.29, 1.82) is 0 Å². The molecule has 0 aromatic heterocycles. The molecule has 1 fully saturated rings. The minimum absolute atomic E-state index is 0.0836. The van der Waals surface area contributed by atoms with Crippen molar-refractivity contribution in [3.05, 3.63) is 35.4 Å². The Morgan fingerprint density at radius 1 is 0.727 bits per heavy atom. The SMILES string of the molecule is CCCCCNC(=O)c1ccc(CNC(=O)CN2CCN(CC)CCN(CC(=O)O)CCN(CC(=O)O)CC2)cc1.O=CO. The van der Waals surface area contributed by atoms with E-state index in [9.17, 15) is 29.4 Å². The van der Waals surface area contributed by atoms with Crippen molar-refractivity contribution < 1.29 is 39.3 Å². The lowest BCUT2D eigenvalue weighted by Gasteiger charge is -2.33. The average molecular weight is 623 g/mol. The molecule has 14 nitrogen and oxygen atoms in total. The first-order chi connectivity index (χ1) is 21.1. The summed E-state index contributed by atoms with van der Waals surface area (Å²) in [5, 5.41) is 31.4. The fourth-order valence-electron chi connectivity index (χ4n) is 4.66. The van der Waals surface area contributed by atoms with Gasteiger partial charge in [-0.1, -0.05) is 38.8 Å². The number of benzene rings is 1. The van der Waals surface area contributed by atoms with Crippen molar-refractivity contribution in [2.75, 3.05) is 85.1 Å². The monoisotopic (exact) mass is 622 g/mol. The number of nitrogens with zero attached hydrogens (tertiary/aromatic N) is 4. The van der Waals surface area contributed by atoms with E-state index in [1.54, 1.807) is 17.0 Å². The van der Waals surface area contributed by atoms with Crippen LogP contribution in [0.25, 0.3) is 0 Å². The number of carbonyl (C=O) groups excluding carboxylic acids is 2. The molecule has 2 rings (SSSR count). The molecule has 0 unspecified atom stereocenters. The van der Waals surface area contributed by atoms with Crippen LogP contribution < -0.4 is 10.6 Å². The quantitative estimate of drug-likeness (QED) is 0.142. The summed E-state index contributed by atoms with van der Waals surface area (Å²) in [6, 6.07) is 7.21. The number of carbonyl (C=O) groups is 5. The number of nitrogens with one attached hydrogen (secondary N) is 2. The Bertz CT molecular complexity index is 1010. The van der Waals surface area contributed by atoms with Gasteiger partial charge in [-0.15, -0.1) is 0 Å². The highest BCUT2D eigenvalue weighted by molar-refractivity contribution is 5.94. The first-order valence-electron chi connectivity index (χ1n) is 15.2. The number of amides is 2. The second-order valence-electron chi connectivity index (χ2n) is 10.6. The lowest BCUT2D eigenvalue weighted by molar-refractivity contribution is -0.140. The standard InChI is InChI=1S/C29H48N6O6.CH2O2/c1-3-5-6-11-30-29(41)25-9-7-24(8-10-25)20-31-26(36)21-33-14-12-32(4-2)13-15-34(22-27(37)38)18-19-35(17-16-33)23-28(39)40;2-1-3/h7-10H,3-6,11-23H2,1-2H3,(H,30,41)(H,31,36)(H,37,38)(H,39,40);1H,(H,2,3). The molecule has 2 amide bonds. The van der Waals surface area contributed by atoms with Gasteiger partial charge in [-0.25, -0.2) is 0 Å². The summed E-state index contributed by atoms with van der Waals surface area (Å²) in [5.74, 6) is -2.07. The highest BCUT2D eigenvalue weighted by atomic mass is 16.4. The lowest BCUT2D eigenvalue weighted by atomic mass is 10.1. The Morgan fingerprint density at radius 3 is 1.61 bits per heavy atom. The van der Waals surface area contributed by atoms with Crippen LogP contribution in [0.3, 0.4) is 0 Å². The Kier molecular flexibility index (Phi) is 20.0. The molecule has 0 bridgehead atoms. The zero-order valence-corrected chi connectivity index (χ0v) is 26.1. The van der Waals surface area contributed by atoms with Gasteiger partial charge in [0, 0.05) is 71.0 Å². The van der Waals surface area contributed by atoms with Crippen LogP contribution >= 0.6 is 0 Å². The summed E-state index contributed by atoms with van der Waals surface area (Å²) < 4.78 is 0. The zero-order valence-electron chi connectivity index (χ0n) is 26.1. The Labute approximate surface area is 260 Å². The van der Waals surface area contributed by atoms with Gasteiger partial charge in [0.05, 0.1) is 19.6 Å². The molecule has 0 aliphatic carbocycles. The predicted octanol–water partition coefficient (Wildman–Crippen LogP) is 0.334. The minimum Gasteiger partial charge on any atom is -0.483 e. The summed E-state index contributed by atoms with van der Waals surface area (Å²) in [6.07, 6.45) is 3.15. The molecule has 5 N–H and O–H groups in total. The van der Waals surface area contributed by atoms with Gasteiger partial charge in [0.25, 0.3) is 12.4 Å². The first-order valence-corrected chi connectivity index (χ1v) is 15.2. The maximum Gasteiger partial charge on any atom is 0.317 e. The van der Waals surface area contributed by atoms with Crippen LogP contribution in [-0.4, -0.2) is 150 Å². The van der Waals surface area contributed by atoms with Gasteiger partial charge in [-0.05, 0) is 30.7 Å². The number of carboxylic acids is 2.